The lowest BCUT2D eigenvalue weighted by Crippen LogP contribution is -2.42. The van der Waals surface area contributed by atoms with Crippen molar-refractivity contribution in [1.29, 1.82) is 0 Å². The second kappa shape index (κ2) is 9.94. The van der Waals surface area contributed by atoms with Gasteiger partial charge in [0.2, 0.25) is 5.95 Å². The molecule has 0 radical (unpaired) electrons. The number of carbonyl (C=O) groups is 1. The quantitative estimate of drug-likeness (QED) is 0.425. The number of ether oxygens (including phenoxy) is 1. The minimum atomic E-state index is -0.954. The zero-order valence-corrected chi connectivity index (χ0v) is 20.7. The fourth-order valence-electron chi connectivity index (χ4n) is 4.77. The van der Waals surface area contributed by atoms with Crippen LogP contribution in [0.5, 0.6) is 5.75 Å². The highest BCUT2D eigenvalue weighted by molar-refractivity contribution is 5.80. The Balaban J connectivity index is 1.35. The van der Waals surface area contributed by atoms with E-state index in [1.807, 2.05) is 54.2 Å². The molecule has 1 saturated heterocycles. The summed E-state index contributed by atoms with van der Waals surface area (Å²) in [4.78, 5) is 23.1. The van der Waals surface area contributed by atoms with E-state index in [0.29, 0.717) is 30.7 Å². The molecule has 0 aliphatic carbocycles. The van der Waals surface area contributed by atoms with E-state index in [2.05, 4.69) is 21.5 Å². The van der Waals surface area contributed by atoms with Crippen molar-refractivity contribution in [1.82, 2.24) is 24.5 Å². The fourth-order valence-corrected chi connectivity index (χ4v) is 4.77. The van der Waals surface area contributed by atoms with Gasteiger partial charge < -0.3 is 20.1 Å². The Kier molecular flexibility index (Phi) is 6.56. The van der Waals surface area contributed by atoms with Gasteiger partial charge in [-0.1, -0.05) is 12.1 Å². The molecule has 2 N–H and O–H groups in total. The largest absolute Gasteiger partial charge is 0.495 e. The van der Waals surface area contributed by atoms with Gasteiger partial charge in [0.25, 0.3) is 5.91 Å². The topological polar surface area (TPSA) is 105 Å². The monoisotopic (exact) mass is 486 g/mol. The van der Waals surface area contributed by atoms with Gasteiger partial charge in [-0.25, -0.2) is 14.5 Å². The average molecular weight is 487 g/mol. The Morgan fingerprint density at radius 3 is 2.75 bits per heavy atom. The highest BCUT2D eigenvalue weighted by Crippen LogP contribution is 2.35. The number of aliphatic hydroxyl groups is 1. The minimum Gasteiger partial charge on any atom is -0.495 e. The van der Waals surface area contributed by atoms with Gasteiger partial charge >= 0.3 is 0 Å². The number of nitrogens with zero attached hydrogens (tertiary/aromatic N) is 5. The summed E-state index contributed by atoms with van der Waals surface area (Å²) in [5, 5.41) is 17.3. The van der Waals surface area contributed by atoms with Crippen molar-refractivity contribution in [2.24, 2.45) is 0 Å². The Morgan fingerprint density at radius 2 is 2.00 bits per heavy atom. The number of methoxy groups -OCH3 is 1. The van der Waals surface area contributed by atoms with E-state index in [-0.39, 0.29) is 5.91 Å². The molecule has 0 bridgehead atoms. The van der Waals surface area contributed by atoms with Crippen molar-refractivity contribution in [3.05, 3.63) is 66.1 Å². The van der Waals surface area contributed by atoms with Crippen molar-refractivity contribution < 1.29 is 14.6 Å². The van der Waals surface area contributed by atoms with Crippen LogP contribution >= 0.6 is 0 Å². The van der Waals surface area contributed by atoms with E-state index in [1.54, 1.807) is 18.2 Å². The van der Waals surface area contributed by atoms with Gasteiger partial charge in [-0.15, -0.1) is 0 Å². The number of amides is 1. The number of rotatable bonds is 6. The smallest absolute Gasteiger partial charge is 0.251 e. The van der Waals surface area contributed by atoms with Crippen LogP contribution in [0.1, 0.15) is 36.8 Å². The maximum atomic E-state index is 12.1. The van der Waals surface area contributed by atoms with Crippen LogP contribution in [-0.2, 0) is 4.79 Å². The maximum absolute atomic E-state index is 12.1. The van der Waals surface area contributed by atoms with Crippen molar-refractivity contribution in [2.75, 3.05) is 25.5 Å². The first-order valence-corrected chi connectivity index (χ1v) is 12.1. The molecule has 0 spiro atoms. The molecule has 1 aliphatic rings. The number of carbonyl (C=O) groups excluding carboxylic acids is 1. The molecular formula is C27H30N6O3. The molecule has 1 atom stereocenters. The SMILES string of the molecule is COc1cc(C2CCN(C(=O)[C@H](C)O)CC2)ccc1Nc1ncc(C)c(-c2cnn3ccccc23)n1. The summed E-state index contributed by atoms with van der Waals surface area (Å²) in [6.07, 6.45) is 6.28. The molecule has 9 heteroatoms. The third-order valence-corrected chi connectivity index (χ3v) is 6.76. The van der Waals surface area contributed by atoms with Crippen LogP contribution in [-0.4, -0.2) is 61.8 Å². The number of hydrogen-bond acceptors (Lipinski definition) is 7. The van der Waals surface area contributed by atoms with Gasteiger partial charge in [0.1, 0.15) is 11.9 Å². The molecule has 4 aromatic rings. The van der Waals surface area contributed by atoms with Crippen LogP contribution in [0.4, 0.5) is 11.6 Å². The normalized spacial score (nSPS) is 15.2. The summed E-state index contributed by atoms with van der Waals surface area (Å²) in [6, 6.07) is 12.1. The molecule has 3 aromatic heterocycles. The van der Waals surface area contributed by atoms with Gasteiger partial charge in [0, 0.05) is 31.0 Å². The molecular weight excluding hydrogens is 456 g/mol. The molecule has 36 heavy (non-hydrogen) atoms. The Morgan fingerprint density at radius 1 is 1.19 bits per heavy atom. The second-order valence-corrected chi connectivity index (χ2v) is 9.17. The summed E-state index contributed by atoms with van der Waals surface area (Å²) >= 11 is 0. The fraction of sp³-hybridized carbons (Fsp3) is 0.333. The van der Waals surface area contributed by atoms with Gasteiger partial charge in [-0.05, 0) is 68.0 Å². The van der Waals surface area contributed by atoms with E-state index in [4.69, 9.17) is 9.72 Å². The molecule has 1 amide bonds. The Hall–Kier alpha value is -3.98. The first kappa shape index (κ1) is 23.7. The lowest BCUT2D eigenvalue weighted by Gasteiger charge is -2.33. The Labute approximate surface area is 209 Å². The number of fused-ring (bicyclic) bond motifs is 1. The molecule has 1 aliphatic heterocycles. The van der Waals surface area contributed by atoms with E-state index in [9.17, 15) is 9.90 Å². The number of aliphatic hydroxyl groups excluding tert-OH is 1. The van der Waals surface area contributed by atoms with Crippen LogP contribution in [0, 0.1) is 6.92 Å². The number of anilines is 2. The average Bonchev–Trinajstić information content (AvgIpc) is 3.33. The second-order valence-electron chi connectivity index (χ2n) is 9.17. The zero-order chi connectivity index (χ0) is 25.2. The number of likely N-dealkylation sites (tertiary alicyclic amines) is 1. The van der Waals surface area contributed by atoms with E-state index < -0.39 is 6.10 Å². The molecule has 4 heterocycles. The summed E-state index contributed by atoms with van der Waals surface area (Å²) in [7, 11) is 1.65. The first-order chi connectivity index (χ1) is 17.4. The molecule has 9 nitrogen and oxygen atoms in total. The van der Waals surface area contributed by atoms with Crippen molar-refractivity contribution in [3.8, 4) is 17.0 Å². The minimum absolute atomic E-state index is 0.202. The highest BCUT2D eigenvalue weighted by atomic mass is 16.5. The summed E-state index contributed by atoms with van der Waals surface area (Å²) in [5.41, 5.74) is 5.65. The van der Waals surface area contributed by atoms with Gasteiger partial charge in [0.05, 0.1) is 30.2 Å². The van der Waals surface area contributed by atoms with Gasteiger partial charge in [-0.2, -0.15) is 5.10 Å². The van der Waals surface area contributed by atoms with Crippen LogP contribution < -0.4 is 10.1 Å². The number of hydrogen-bond donors (Lipinski definition) is 2. The summed E-state index contributed by atoms with van der Waals surface area (Å²) in [6.45, 7) is 4.78. The van der Waals surface area contributed by atoms with E-state index >= 15 is 0 Å². The number of pyridine rings is 1. The molecule has 1 aromatic carbocycles. The van der Waals surface area contributed by atoms with Crippen LogP contribution in [0.2, 0.25) is 0 Å². The van der Waals surface area contributed by atoms with Crippen LogP contribution in [0.25, 0.3) is 16.8 Å². The predicted molar refractivity (Wildman–Crippen MR) is 137 cm³/mol. The van der Waals surface area contributed by atoms with Crippen LogP contribution in [0.3, 0.4) is 0 Å². The number of benzene rings is 1. The number of piperidine rings is 1. The number of nitrogens with one attached hydrogen (secondary N) is 1. The molecule has 0 unspecified atom stereocenters. The first-order valence-electron chi connectivity index (χ1n) is 12.1. The van der Waals surface area contributed by atoms with Crippen molar-refractivity contribution in [3.63, 3.8) is 0 Å². The lowest BCUT2D eigenvalue weighted by molar-refractivity contribution is -0.140. The van der Waals surface area contributed by atoms with Gasteiger partial charge in [0.15, 0.2) is 0 Å². The zero-order valence-electron chi connectivity index (χ0n) is 20.7. The molecule has 1 fully saturated rings. The van der Waals surface area contributed by atoms with Gasteiger partial charge in [-0.3, -0.25) is 4.79 Å². The molecule has 0 saturated carbocycles. The van der Waals surface area contributed by atoms with Crippen LogP contribution in [0.15, 0.2) is 55.0 Å². The van der Waals surface area contributed by atoms with E-state index in [1.165, 1.54) is 12.5 Å². The standard InChI is InChI=1S/C27H30N6O3/c1-17-15-28-27(31-25(17)21-16-29-33-11-5-4-6-23(21)33)30-22-8-7-20(14-24(22)36-3)19-9-12-32(13-10-19)26(35)18(2)34/h4-8,11,14-16,18-19,34H,9-10,12-13H2,1-3H3,(H,28,30,31)/t18-/m0/s1. The predicted octanol–water partition coefficient (Wildman–Crippen LogP) is 3.94. The molecule has 186 valence electrons. The third-order valence-electron chi connectivity index (χ3n) is 6.76. The van der Waals surface area contributed by atoms with E-state index in [0.717, 1.165) is 40.9 Å². The number of aromatic nitrogens is 4. The van der Waals surface area contributed by atoms with Crippen molar-refractivity contribution in [2.45, 2.75) is 38.7 Å². The maximum Gasteiger partial charge on any atom is 0.251 e. The molecule has 5 rings (SSSR count). The lowest BCUT2D eigenvalue weighted by atomic mass is 9.89. The summed E-state index contributed by atoms with van der Waals surface area (Å²) in [5.74, 6) is 1.30. The van der Waals surface area contributed by atoms with Crippen molar-refractivity contribution >= 4 is 23.1 Å². The highest BCUT2D eigenvalue weighted by Gasteiger charge is 2.26. The summed E-state index contributed by atoms with van der Waals surface area (Å²) < 4.78 is 7.52. The number of aryl methyl sites for hydroxylation is 1. The third kappa shape index (κ3) is 4.61. The Bertz CT molecular complexity index is 1390.